The Morgan fingerprint density at radius 1 is 1.16 bits per heavy atom. The molecule has 0 amide bonds. The molecular formula is C27H30F3N3O3S2. The summed E-state index contributed by atoms with van der Waals surface area (Å²) >= 11 is 1.27. The molecule has 1 fully saturated rings. The van der Waals surface area contributed by atoms with E-state index in [9.17, 15) is 21.6 Å². The summed E-state index contributed by atoms with van der Waals surface area (Å²) in [5, 5.41) is 7.18. The fraction of sp³-hybridized carbons (Fsp3) is 0.407. The van der Waals surface area contributed by atoms with E-state index in [0.29, 0.717) is 21.7 Å². The van der Waals surface area contributed by atoms with Crippen molar-refractivity contribution in [1.29, 1.82) is 0 Å². The number of alkyl halides is 3. The SMILES string of the molecule is COc1cc(S(C)(=O)=O)ccc1NCC#Cc1sc2c(NC3CCN(C)CC3)cccc2c1CC(F)(F)F. The van der Waals surface area contributed by atoms with Crippen molar-refractivity contribution >= 4 is 42.6 Å². The molecule has 11 heteroatoms. The number of nitrogens with zero attached hydrogens (tertiary/aromatic N) is 1. The van der Waals surface area contributed by atoms with Crippen molar-refractivity contribution in [3.63, 3.8) is 0 Å². The first-order valence-electron chi connectivity index (χ1n) is 12.1. The molecule has 4 rings (SSSR count). The largest absolute Gasteiger partial charge is 0.495 e. The molecule has 2 heterocycles. The summed E-state index contributed by atoms with van der Waals surface area (Å²) in [6.45, 7) is 2.08. The van der Waals surface area contributed by atoms with Crippen molar-refractivity contribution in [3.05, 3.63) is 46.8 Å². The number of nitrogens with one attached hydrogen (secondary N) is 2. The number of methoxy groups -OCH3 is 1. The van der Waals surface area contributed by atoms with Gasteiger partial charge in [-0.1, -0.05) is 24.0 Å². The first kappa shape index (κ1) is 28.1. The molecule has 0 spiro atoms. The van der Waals surface area contributed by atoms with Gasteiger partial charge in [0.1, 0.15) is 5.75 Å². The van der Waals surface area contributed by atoms with E-state index in [1.165, 1.54) is 30.6 Å². The van der Waals surface area contributed by atoms with Gasteiger partial charge in [-0.2, -0.15) is 13.2 Å². The van der Waals surface area contributed by atoms with Crippen LogP contribution in [0.4, 0.5) is 24.5 Å². The Morgan fingerprint density at radius 2 is 1.89 bits per heavy atom. The number of hydrogen-bond donors (Lipinski definition) is 2. The van der Waals surface area contributed by atoms with Gasteiger partial charge >= 0.3 is 6.18 Å². The lowest BCUT2D eigenvalue weighted by molar-refractivity contribution is -0.126. The maximum atomic E-state index is 13.5. The van der Waals surface area contributed by atoms with Gasteiger partial charge in [0.25, 0.3) is 0 Å². The molecule has 0 bridgehead atoms. The van der Waals surface area contributed by atoms with Crippen molar-refractivity contribution in [2.24, 2.45) is 0 Å². The van der Waals surface area contributed by atoms with Crippen LogP contribution in [0.1, 0.15) is 23.3 Å². The van der Waals surface area contributed by atoms with Gasteiger partial charge in [-0.25, -0.2) is 8.42 Å². The van der Waals surface area contributed by atoms with Crippen LogP contribution in [0.25, 0.3) is 10.1 Å². The number of thiophene rings is 1. The number of likely N-dealkylation sites (tertiary alicyclic amines) is 1. The number of benzene rings is 2. The Bertz CT molecular complexity index is 1470. The van der Waals surface area contributed by atoms with Gasteiger partial charge in [0.15, 0.2) is 9.84 Å². The van der Waals surface area contributed by atoms with Crippen LogP contribution in [-0.2, 0) is 16.3 Å². The zero-order valence-corrected chi connectivity index (χ0v) is 23.0. The molecular weight excluding hydrogens is 535 g/mol. The van der Waals surface area contributed by atoms with Crippen molar-refractivity contribution in [2.75, 3.05) is 50.7 Å². The van der Waals surface area contributed by atoms with Gasteiger partial charge in [0, 0.05) is 18.4 Å². The highest BCUT2D eigenvalue weighted by Crippen LogP contribution is 2.39. The number of anilines is 2. The molecule has 0 aliphatic carbocycles. The Labute approximate surface area is 225 Å². The first-order valence-corrected chi connectivity index (χ1v) is 14.8. The molecule has 0 atom stereocenters. The Hall–Kier alpha value is -2.94. The van der Waals surface area contributed by atoms with Gasteiger partial charge in [0.05, 0.1) is 45.9 Å². The summed E-state index contributed by atoms with van der Waals surface area (Å²) in [5.74, 6) is 6.19. The number of piperidine rings is 1. The van der Waals surface area contributed by atoms with Crippen LogP contribution in [-0.4, -0.2) is 65.6 Å². The smallest absolute Gasteiger partial charge is 0.393 e. The minimum Gasteiger partial charge on any atom is -0.495 e. The number of rotatable bonds is 7. The summed E-state index contributed by atoms with van der Waals surface area (Å²) in [7, 11) is 0.115. The lowest BCUT2D eigenvalue weighted by Gasteiger charge is -2.30. The van der Waals surface area contributed by atoms with Crippen LogP contribution in [0.15, 0.2) is 41.3 Å². The molecule has 3 aromatic rings. The Balaban J connectivity index is 1.59. The second kappa shape index (κ2) is 11.4. The van der Waals surface area contributed by atoms with Gasteiger partial charge in [-0.05, 0) is 62.1 Å². The van der Waals surface area contributed by atoms with E-state index in [4.69, 9.17) is 4.74 Å². The molecule has 6 nitrogen and oxygen atoms in total. The van der Waals surface area contributed by atoms with E-state index >= 15 is 0 Å². The lowest BCUT2D eigenvalue weighted by Crippen LogP contribution is -2.36. The summed E-state index contributed by atoms with van der Waals surface area (Å²) in [6.07, 6.45) is -2.36. The molecule has 204 valence electrons. The fourth-order valence-electron chi connectivity index (χ4n) is 4.45. The molecule has 1 aliphatic heterocycles. The van der Waals surface area contributed by atoms with Gasteiger partial charge in [0.2, 0.25) is 0 Å². The number of halogens is 3. The maximum absolute atomic E-state index is 13.5. The minimum absolute atomic E-state index is 0.123. The molecule has 1 aromatic heterocycles. The highest BCUT2D eigenvalue weighted by molar-refractivity contribution is 7.90. The Kier molecular flexibility index (Phi) is 8.45. The van der Waals surface area contributed by atoms with Gasteiger partial charge < -0.3 is 20.3 Å². The topological polar surface area (TPSA) is 70.7 Å². The highest BCUT2D eigenvalue weighted by Gasteiger charge is 2.31. The summed E-state index contributed by atoms with van der Waals surface area (Å²) in [6, 6.07) is 10.2. The van der Waals surface area contributed by atoms with Crippen LogP contribution in [0.3, 0.4) is 0 Å². The number of ether oxygens (including phenoxy) is 1. The quantitative estimate of drug-likeness (QED) is 0.375. The number of hydrogen-bond acceptors (Lipinski definition) is 7. The average molecular weight is 566 g/mol. The molecule has 2 aromatic carbocycles. The molecule has 0 unspecified atom stereocenters. The zero-order valence-electron chi connectivity index (χ0n) is 21.4. The predicted molar refractivity (Wildman–Crippen MR) is 147 cm³/mol. The average Bonchev–Trinajstić information content (AvgIpc) is 3.19. The van der Waals surface area contributed by atoms with Crippen LogP contribution in [0.2, 0.25) is 0 Å². The van der Waals surface area contributed by atoms with E-state index in [-0.39, 0.29) is 23.0 Å². The third kappa shape index (κ3) is 6.92. The van der Waals surface area contributed by atoms with E-state index in [2.05, 4.69) is 34.4 Å². The standard InChI is InChI=1S/C27H30F3N3O3S2/c1-33-14-11-18(12-15-33)32-23-7-4-6-20-21(17-27(28,29)30)25(37-26(20)23)8-5-13-31-22-10-9-19(38(3,34)35)16-24(22)36-2/h4,6-7,9-10,16,18,31-32H,11-15,17H2,1-3H3. The van der Waals surface area contributed by atoms with E-state index in [0.717, 1.165) is 42.6 Å². The zero-order chi connectivity index (χ0) is 27.5. The van der Waals surface area contributed by atoms with Crippen molar-refractivity contribution in [2.45, 2.75) is 36.4 Å². The molecule has 1 aliphatic rings. The minimum atomic E-state index is -4.37. The summed E-state index contributed by atoms with van der Waals surface area (Å²) < 4.78 is 70.2. The monoisotopic (exact) mass is 565 g/mol. The van der Waals surface area contributed by atoms with Crippen LogP contribution in [0, 0.1) is 11.8 Å². The lowest BCUT2D eigenvalue weighted by atomic mass is 10.0. The molecule has 0 radical (unpaired) electrons. The van der Waals surface area contributed by atoms with Crippen molar-refractivity contribution < 1.29 is 26.3 Å². The predicted octanol–water partition coefficient (Wildman–Crippen LogP) is 5.39. The maximum Gasteiger partial charge on any atom is 0.393 e. The third-order valence-electron chi connectivity index (χ3n) is 6.44. The van der Waals surface area contributed by atoms with Crippen LogP contribution < -0.4 is 15.4 Å². The van der Waals surface area contributed by atoms with Crippen LogP contribution in [0.5, 0.6) is 5.75 Å². The van der Waals surface area contributed by atoms with E-state index in [1.807, 2.05) is 6.07 Å². The summed E-state index contributed by atoms with van der Waals surface area (Å²) in [4.78, 5) is 2.77. The van der Waals surface area contributed by atoms with Crippen molar-refractivity contribution in [3.8, 4) is 17.6 Å². The van der Waals surface area contributed by atoms with E-state index in [1.54, 1.807) is 18.2 Å². The highest BCUT2D eigenvalue weighted by atomic mass is 32.2. The molecule has 1 saturated heterocycles. The second-order valence-electron chi connectivity index (χ2n) is 9.40. The molecule has 2 N–H and O–H groups in total. The molecule has 38 heavy (non-hydrogen) atoms. The van der Waals surface area contributed by atoms with Gasteiger partial charge in [-0.3, -0.25) is 0 Å². The molecule has 0 saturated carbocycles. The third-order valence-corrected chi connectivity index (χ3v) is 8.75. The van der Waals surface area contributed by atoms with Gasteiger partial charge in [-0.15, -0.1) is 11.3 Å². The van der Waals surface area contributed by atoms with Crippen molar-refractivity contribution in [1.82, 2.24) is 4.90 Å². The fourth-order valence-corrected chi connectivity index (χ4v) is 6.25. The summed E-state index contributed by atoms with van der Waals surface area (Å²) in [5.41, 5.74) is 1.56. The van der Waals surface area contributed by atoms with Crippen LogP contribution >= 0.6 is 11.3 Å². The normalized spacial score (nSPS) is 15.2. The van der Waals surface area contributed by atoms with E-state index < -0.39 is 22.4 Å². The number of sulfone groups is 1. The Morgan fingerprint density at radius 3 is 2.55 bits per heavy atom. The number of fused-ring (bicyclic) bond motifs is 1. The first-order chi connectivity index (χ1) is 17.9. The second-order valence-corrected chi connectivity index (χ2v) is 12.4.